The van der Waals surface area contributed by atoms with Crippen LogP contribution >= 0.6 is 0 Å². The lowest BCUT2D eigenvalue weighted by Crippen LogP contribution is -2.35. The zero-order valence-electron chi connectivity index (χ0n) is 11.9. The third kappa shape index (κ3) is 3.05. The van der Waals surface area contributed by atoms with Crippen LogP contribution in [0.15, 0.2) is 24.3 Å². The number of carboxylic acid groups (broad SMARTS) is 1. The van der Waals surface area contributed by atoms with Crippen LogP contribution in [0.4, 0.5) is 13.2 Å². The van der Waals surface area contributed by atoms with Gasteiger partial charge in [0, 0.05) is 12.1 Å². The van der Waals surface area contributed by atoms with Gasteiger partial charge in [-0.25, -0.2) is 0 Å². The van der Waals surface area contributed by atoms with Crippen LogP contribution in [-0.4, -0.2) is 28.6 Å². The van der Waals surface area contributed by atoms with Gasteiger partial charge >= 0.3 is 12.1 Å². The molecule has 0 spiro atoms. The highest BCUT2D eigenvalue weighted by Crippen LogP contribution is 2.39. The topological polar surface area (TPSA) is 40.5 Å². The molecule has 1 aliphatic rings. The number of halogens is 3. The molecule has 2 rings (SSSR count). The monoisotopic (exact) mass is 301 g/mol. The zero-order chi connectivity index (χ0) is 15.8. The highest BCUT2D eigenvalue weighted by molar-refractivity contribution is 5.71. The Morgan fingerprint density at radius 3 is 2.52 bits per heavy atom. The molecule has 1 fully saturated rings. The predicted octanol–water partition coefficient (Wildman–Crippen LogP) is 3.56. The van der Waals surface area contributed by atoms with Crippen molar-refractivity contribution in [1.82, 2.24) is 4.90 Å². The second kappa shape index (κ2) is 5.67. The van der Waals surface area contributed by atoms with Crippen LogP contribution < -0.4 is 0 Å². The van der Waals surface area contributed by atoms with Crippen LogP contribution in [0.5, 0.6) is 0 Å². The van der Waals surface area contributed by atoms with E-state index in [2.05, 4.69) is 0 Å². The molecule has 1 aromatic carbocycles. The molecule has 3 nitrogen and oxygen atoms in total. The van der Waals surface area contributed by atoms with Crippen LogP contribution in [0.25, 0.3) is 0 Å². The Bertz CT molecular complexity index is 530. The third-order valence-corrected chi connectivity index (χ3v) is 4.33. The number of carbonyl (C=O) groups is 1. The van der Waals surface area contributed by atoms with Crippen LogP contribution in [0, 0.1) is 5.92 Å². The van der Waals surface area contributed by atoms with Crippen molar-refractivity contribution in [2.45, 2.75) is 38.5 Å². The van der Waals surface area contributed by atoms with Crippen molar-refractivity contribution in [2.75, 3.05) is 6.54 Å². The molecular formula is C15H18F3NO2. The molecular weight excluding hydrogens is 283 g/mol. The van der Waals surface area contributed by atoms with Gasteiger partial charge < -0.3 is 5.11 Å². The lowest BCUT2D eigenvalue weighted by atomic mass is 9.98. The number of carboxylic acids is 1. The summed E-state index contributed by atoms with van der Waals surface area (Å²) in [6.07, 6.45) is -3.94. The Morgan fingerprint density at radius 1 is 1.38 bits per heavy atom. The van der Waals surface area contributed by atoms with Crippen LogP contribution in [-0.2, 0) is 11.0 Å². The molecule has 116 valence electrons. The summed E-state index contributed by atoms with van der Waals surface area (Å²) in [5, 5.41) is 9.13. The first kappa shape index (κ1) is 15.8. The Balaban J connectivity index is 2.30. The van der Waals surface area contributed by atoms with Gasteiger partial charge in [0.05, 0.1) is 11.5 Å². The van der Waals surface area contributed by atoms with Gasteiger partial charge in [-0.1, -0.05) is 18.2 Å². The predicted molar refractivity (Wildman–Crippen MR) is 71.8 cm³/mol. The van der Waals surface area contributed by atoms with E-state index >= 15 is 0 Å². The second-order valence-corrected chi connectivity index (χ2v) is 5.47. The molecule has 0 bridgehead atoms. The molecule has 0 saturated carbocycles. The van der Waals surface area contributed by atoms with E-state index in [-0.39, 0.29) is 11.6 Å². The fourth-order valence-corrected chi connectivity index (χ4v) is 3.14. The van der Waals surface area contributed by atoms with Crippen molar-refractivity contribution in [3.05, 3.63) is 35.4 Å². The summed E-state index contributed by atoms with van der Waals surface area (Å²) in [4.78, 5) is 13.0. The van der Waals surface area contributed by atoms with E-state index < -0.39 is 29.7 Å². The number of rotatable bonds is 3. The Morgan fingerprint density at radius 2 is 2.00 bits per heavy atom. The van der Waals surface area contributed by atoms with Crippen molar-refractivity contribution in [1.29, 1.82) is 0 Å². The van der Waals surface area contributed by atoms with Crippen molar-refractivity contribution in [3.63, 3.8) is 0 Å². The number of nitrogens with zero attached hydrogens (tertiary/aromatic N) is 1. The Labute approximate surface area is 121 Å². The lowest BCUT2D eigenvalue weighted by molar-refractivity contribution is -0.143. The second-order valence-electron chi connectivity index (χ2n) is 5.47. The molecule has 1 aliphatic heterocycles. The number of aliphatic carboxylic acids is 1. The normalized spacial score (nSPS) is 25.0. The molecule has 21 heavy (non-hydrogen) atoms. The molecule has 3 atom stereocenters. The molecule has 1 saturated heterocycles. The van der Waals surface area contributed by atoms with Crippen molar-refractivity contribution >= 4 is 5.97 Å². The van der Waals surface area contributed by atoms with Crippen molar-refractivity contribution < 1.29 is 23.1 Å². The van der Waals surface area contributed by atoms with E-state index in [9.17, 15) is 18.0 Å². The van der Waals surface area contributed by atoms with Gasteiger partial charge in [0.25, 0.3) is 0 Å². The average Bonchev–Trinajstić information content (AvgIpc) is 2.79. The number of alkyl halides is 3. The van der Waals surface area contributed by atoms with Gasteiger partial charge in [-0.05, 0) is 38.4 Å². The number of hydrogen-bond donors (Lipinski definition) is 1. The van der Waals surface area contributed by atoms with E-state index in [0.717, 1.165) is 6.07 Å². The maximum atomic E-state index is 13.1. The van der Waals surface area contributed by atoms with Gasteiger partial charge in [0.15, 0.2) is 0 Å². The van der Waals surface area contributed by atoms with E-state index in [4.69, 9.17) is 5.11 Å². The maximum Gasteiger partial charge on any atom is 0.416 e. The lowest BCUT2D eigenvalue weighted by Gasteiger charge is -2.31. The Kier molecular flexibility index (Phi) is 4.27. The minimum atomic E-state index is -4.40. The largest absolute Gasteiger partial charge is 0.481 e. The zero-order valence-corrected chi connectivity index (χ0v) is 11.9. The highest BCUT2D eigenvalue weighted by atomic mass is 19.4. The number of benzene rings is 1. The molecule has 0 aromatic heterocycles. The molecule has 0 amide bonds. The quantitative estimate of drug-likeness (QED) is 0.928. The van der Waals surface area contributed by atoms with Crippen LogP contribution in [0.3, 0.4) is 0 Å². The highest BCUT2D eigenvalue weighted by Gasteiger charge is 2.41. The molecule has 1 N–H and O–H groups in total. The van der Waals surface area contributed by atoms with E-state index in [1.807, 2.05) is 4.90 Å². The standard InChI is InChI=1S/C15H18F3NO2/c1-9(19-8-7-12(10(19)2)14(20)21)11-5-3-4-6-13(11)15(16,17)18/h3-6,9-10,12H,7-8H2,1-2H3,(H,20,21). The van der Waals surface area contributed by atoms with E-state index in [1.165, 1.54) is 12.1 Å². The smallest absolute Gasteiger partial charge is 0.416 e. The fraction of sp³-hybridized carbons (Fsp3) is 0.533. The maximum absolute atomic E-state index is 13.1. The first-order chi connectivity index (χ1) is 9.73. The van der Waals surface area contributed by atoms with E-state index in [0.29, 0.717) is 13.0 Å². The van der Waals surface area contributed by atoms with Gasteiger partial charge in [-0.2, -0.15) is 13.2 Å². The summed E-state index contributed by atoms with van der Waals surface area (Å²) >= 11 is 0. The minimum Gasteiger partial charge on any atom is -0.481 e. The van der Waals surface area contributed by atoms with Gasteiger partial charge in [0.1, 0.15) is 0 Å². The summed E-state index contributed by atoms with van der Waals surface area (Å²) in [7, 11) is 0. The molecule has 3 unspecified atom stereocenters. The average molecular weight is 301 g/mol. The van der Waals surface area contributed by atoms with Crippen LogP contribution in [0.1, 0.15) is 37.4 Å². The molecule has 0 aliphatic carbocycles. The van der Waals surface area contributed by atoms with Crippen LogP contribution in [0.2, 0.25) is 0 Å². The molecule has 1 aromatic rings. The summed E-state index contributed by atoms with van der Waals surface area (Å²) in [5.41, 5.74) is -0.452. The Hall–Kier alpha value is -1.56. The van der Waals surface area contributed by atoms with Crippen molar-refractivity contribution in [3.8, 4) is 0 Å². The minimum absolute atomic E-state index is 0.197. The first-order valence-electron chi connectivity index (χ1n) is 6.88. The van der Waals surface area contributed by atoms with Gasteiger partial charge in [-0.3, -0.25) is 9.69 Å². The van der Waals surface area contributed by atoms with Gasteiger partial charge in [0.2, 0.25) is 0 Å². The number of hydrogen-bond acceptors (Lipinski definition) is 2. The summed E-state index contributed by atoms with van der Waals surface area (Å²) < 4.78 is 39.3. The van der Waals surface area contributed by atoms with Gasteiger partial charge in [-0.15, -0.1) is 0 Å². The fourth-order valence-electron chi connectivity index (χ4n) is 3.14. The van der Waals surface area contributed by atoms with E-state index in [1.54, 1.807) is 19.9 Å². The molecule has 1 heterocycles. The van der Waals surface area contributed by atoms with Crippen molar-refractivity contribution in [2.24, 2.45) is 5.92 Å². The summed E-state index contributed by atoms with van der Waals surface area (Å²) in [5.74, 6) is -1.41. The number of likely N-dealkylation sites (tertiary alicyclic amines) is 1. The molecule has 0 radical (unpaired) electrons. The molecule has 6 heteroatoms. The first-order valence-corrected chi connectivity index (χ1v) is 6.88. The third-order valence-electron chi connectivity index (χ3n) is 4.33. The summed E-state index contributed by atoms with van der Waals surface area (Å²) in [6, 6.07) is 4.74. The SMILES string of the molecule is CC(c1ccccc1C(F)(F)F)N1CCC(C(=O)O)C1C. The summed E-state index contributed by atoms with van der Waals surface area (Å²) in [6.45, 7) is 3.95.